The maximum absolute atomic E-state index is 5.70. The molecular weight excluding hydrogens is 252 g/mol. The average molecular weight is 272 g/mol. The Bertz CT molecular complexity index is 569. The Morgan fingerprint density at radius 3 is 2.55 bits per heavy atom. The molecule has 106 valence electrons. The number of nitrogens with two attached hydrogens (primary N) is 1. The second-order valence-corrected chi connectivity index (χ2v) is 4.66. The zero-order valence-electron chi connectivity index (χ0n) is 12.1. The van der Waals surface area contributed by atoms with Gasteiger partial charge in [0.15, 0.2) is 0 Å². The predicted octanol–water partition coefficient (Wildman–Crippen LogP) is 2.40. The van der Waals surface area contributed by atoms with Crippen molar-refractivity contribution in [1.29, 1.82) is 0 Å². The highest BCUT2D eigenvalue weighted by molar-refractivity contribution is 5.50. The van der Waals surface area contributed by atoms with Crippen molar-refractivity contribution in [2.75, 3.05) is 24.3 Å². The summed E-state index contributed by atoms with van der Waals surface area (Å²) in [6.45, 7) is 5.27. The fourth-order valence-electron chi connectivity index (χ4n) is 2.06. The van der Waals surface area contributed by atoms with Crippen LogP contribution in [0.1, 0.15) is 18.1 Å². The fourth-order valence-corrected chi connectivity index (χ4v) is 2.06. The van der Waals surface area contributed by atoms with Crippen LogP contribution >= 0.6 is 0 Å². The van der Waals surface area contributed by atoms with Crippen LogP contribution in [0.15, 0.2) is 30.6 Å². The van der Waals surface area contributed by atoms with Crippen LogP contribution in [0.4, 0.5) is 11.5 Å². The second-order valence-electron chi connectivity index (χ2n) is 4.66. The first kappa shape index (κ1) is 14.1. The van der Waals surface area contributed by atoms with Gasteiger partial charge in [-0.15, -0.1) is 0 Å². The summed E-state index contributed by atoms with van der Waals surface area (Å²) in [7, 11) is 2.00. The second kappa shape index (κ2) is 6.23. The number of anilines is 2. The first-order valence-corrected chi connectivity index (χ1v) is 6.61. The molecule has 0 fully saturated rings. The molecule has 20 heavy (non-hydrogen) atoms. The molecular formula is C15H20N4O. The lowest BCUT2D eigenvalue weighted by molar-refractivity contribution is 0.323. The van der Waals surface area contributed by atoms with Gasteiger partial charge in [0.2, 0.25) is 5.88 Å². The summed E-state index contributed by atoms with van der Waals surface area (Å²) in [6.07, 6.45) is 1.53. The third-order valence-corrected chi connectivity index (χ3v) is 3.05. The van der Waals surface area contributed by atoms with Gasteiger partial charge in [0.05, 0.1) is 12.2 Å². The molecule has 1 aromatic heterocycles. The van der Waals surface area contributed by atoms with Gasteiger partial charge < -0.3 is 15.4 Å². The lowest BCUT2D eigenvalue weighted by atomic mass is 10.2. The molecule has 0 spiro atoms. The number of benzene rings is 1. The van der Waals surface area contributed by atoms with Gasteiger partial charge in [0.25, 0.3) is 0 Å². The van der Waals surface area contributed by atoms with Crippen LogP contribution < -0.4 is 15.4 Å². The number of hydrogen-bond donors (Lipinski definition) is 1. The topological polar surface area (TPSA) is 64.3 Å². The van der Waals surface area contributed by atoms with E-state index in [0.29, 0.717) is 12.5 Å². The molecule has 5 heteroatoms. The van der Waals surface area contributed by atoms with E-state index in [2.05, 4.69) is 14.9 Å². The smallest absolute Gasteiger partial charge is 0.221 e. The number of aromatic nitrogens is 2. The lowest BCUT2D eigenvalue weighted by Crippen LogP contribution is -2.19. The predicted molar refractivity (Wildman–Crippen MR) is 80.9 cm³/mol. The number of ether oxygens (including phenoxy) is 1. The Balaban J connectivity index is 2.18. The van der Waals surface area contributed by atoms with Crippen molar-refractivity contribution in [2.24, 2.45) is 0 Å². The normalized spacial score (nSPS) is 10.3. The van der Waals surface area contributed by atoms with E-state index in [0.717, 1.165) is 23.6 Å². The summed E-state index contributed by atoms with van der Waals surface area (Å²) < 4.78 is 5.50. The molecule has 0 aliphatic carbocycles. The molecule has 2 aromatic rings. The third kappa shape index (κ3) is 3.17. The lowest BCUT2D eigenvalue weighted by Gasteiger charge is -2.21. The zero-order valence-corrected chi connectivity index (χ0v) is 12.1. The van der Waals surface area contributed by atoms with Crippen molar-refractivity contribution in [1.82, 2.24) is 9.97 Å². The van der Waals surface area contributed by atoms with Gasteiger partial charge in [-0.25, -0.2) is 9.97 Å². The van der Waals surface area contributed by atoms with Crippen LogP contribution in [0.5, 0.6) is 5.88 Å². The number of hydrogen-bond acceptors (Lipinski definition) is 5. The summed E-state index contributed by atoms with van der Waals surface area (Å²) in [6, 6.07) is 7.85. The van der Waals surface area contributed by atoms with Crippen molar-refractivity contribution < 1.29 is 4.74 Å². The molecule has 0 saturated carbocycles. The standard InChI is InChI=1S/C15H20N4O/c1-4-20-15-11(2)14(17-10-18-15)19(3)9-12-5-7-13(16)8-6-12/h5-8,10H,4,9,16H2,1-3H3. The van der Waals surface area contributed by atoms with Crippen molar-refractivity contribution in [2.45, 2.75) is 20.4 Å². The van der Waals surface area contributed by atoms with Crippen LogP contribution in [0, 0.1) is 6.92 Å². The summed E-state index contributed by atoms with van der Waals surface area (Å²) >= 11 is 0. The maximum atomic E-state index is 5.70. The van der Waals surface area contributed by atoms with Crippen molar-refractivity contribution >= 4 is 11.5 Å². The Kier molecular flexibility index (Phi) is 4.40. The molecule has 2 N–H and O–H groups in total. The highest BCUT2D eigenvalue weighted by Gasteiger charge is 2.12. The van der Waals surface area contributed by atoms with E-state index in [1.165, 1.54) is 11.9 Å². The van der Waals surface area contributed by atoms with Crippen LogP contribution in [-0.4, -0.2) is 23.6 Å². The Morgan fingerprint density at radius 2 is 1.90 bits per heavy atom. The minimum Gasteiger partial charge on any atom is -0.478 e. The molecule has 0 saturated heterocycles. The first-order chi connectivity index (χ1) is 9.61. The fraction of sp³-hybridized carbons (Fsp3) is 0.333. The van der Waals surface area contributed by atoms with Gasteiger partial charge >= 0.3 is 0 Å². The largest absolute Gasteiger partial charge is 0.478 e. The maximum Gasteiger partial charge on any atom is 0.221 e. The van der Waals surface area contributed by atoms with E-state index >= 15 is 0 Å². The highest BCUT2D eigenvalue weighted by atomic mass is 16.5. The van der Waals surface area contributed by atoms with Gasteiger partial charge in [-0.05, 0) is 31.5 Å². The minimum atomic E-state index is 0.596. The molecule has 0 aliphatic heterocycles. The van der Waals surface area contributed by atoms with E-state index in [-0.39, 0.29) is 0 Å². The van der Waals surface area contributed by atoms with E-state index in [9.17, 15) is 0 Å². The van der Waals surface area contributed by atoms with Gasteiger partial charge in [-0.2, -0.15) is 0 Å². The van der Waals surface area contributed by atoms with Gasteiger partial charge in [0.1, 0.15) is 12.1 Å². The highest BCUT2D eigenvalue weighted by Crippen LogP contribution is 2.24. The number of nitrogens with zero attached hydrogens (tertiary/aromatic N) is 3. The Hall–Kier alpha value is -2.30. The third-order valence-electron chi connectivity index (χ3n) is 3.05. The van der Waals surface area contributed by atoms with Gasteiger partial charge in [-0.3, -0.25) is 0 Å². The van der Waals surface area contributed by atoms with Crippen LogP contribution in [0.25, 0.3) is 0 Å². The van der Waals surface area contributed by atoms with Crippen molar-refractivity contribution in [3.05, 3.63) is 41.7 Å². The SMILES string of the molecule is CCOc1ncnc(N(C)Cc2ccc(N)cc2)c1C. The summed E-state index contributed by atoms with van der Waals surface area (Å²) in [4.78, 5) is 10.6. The van der Waals surface area contributed by atoms with Crippen LogP contribution in [0.2, 0.25) is 0 Å². The number of rotatable bonds is 5. The van der Waals surface area contributed by atoms with Gasteiger partial charge in [-0.1, -0.05) is 12.1 Å². The molecule has 1 aromatic carbocycles. The summed E-state index contributed by atoms with van der Waals surface area (Å²) in [5.41, 5.74) is 8.60. The molecule has 0 bridgehead atoms. The molecule has 2 rings (SSSR count). The van der Waals surface area contributed by atoms with Crippen LogP contribution in [-0.2, 0) is 6.54 Å². The molecule has 0 amide bonds. The minimum absolute atomic E-state index is 0.596. The molecule has 0 atom stereocenters. The van der Waals surface area contributed by atoms with Crippen molar-refractivity contribution in [3.8, 4) is 5.88 Å². The van der Waals surface area contributed by atoms with Crippen LogP contribution in [0.3, 0.4) is 0 Å². The van der Waals surface area contributed by atoms with Crippen molar-refractivity contribution in [3.63, 3.8) is 0 Å². The van der Waals surface area contributed by atoms with E-state index in [1.54, 1.807) is 0 Å². The Labute approximate surface area is 119 Å². The molecule has 0 radical (unpaired) electrons. The zero-order chi connectivity index (χ0) is 14.5. The molecule has 1 heterocycles. The quantitative estimate of drug-likeness (QED) is 0.847. The first-order valence-electron chi connectivity index (χ1n) is 6.61. The molecule has 0 aliphatic rings. The van der Waals surface area contributed by atoms with E-state index in [1.807, 2.05) is 45.2 Å². The van der Waals surface area contributed by atoms with E-state index < -0.39 is 0 Å². The monoisotopic (exact) mass is 272 g/mol. The van der Waals surface area contributed by atoms with Gasteiger partial charge in [0, 0.05) is 19.3 Å². The molecule has 0 unspecified atom stereocenters. The number of nitrogen functional groups attached to an aromatic ring is 1. The summed E-state index contributed by atoms with van der Waals surface area (Å²) in [5.74, 6) is 1.52. The average Bonchev–Trinajstić information content (AvgIpc) is 2.44. The summed E-state index contributed by atoms with van der Waals surface area (Å²) in [5, 5.41) is 0. The Morgan fingerprint density at radius 1 is 1.20 bits per heavy atom. The van der Waals surface area contributed by atoms with E-state index in [4.69, 9.17) is 10.5 Å². The molecule has 5 nitrogen and oxygen atoms in total.